The SMILES string of the molecule is Cc1nc(N[C@H](C)c2cccc(C(F)F)c2F)c2cc(C3CCS(=O)(=O)CC3)c(=O)[nH]c2n1. The third kappa shape index (κ3) is 4.73. The molecule has 7 nitrogen and oxygen atoms in total. The molecule has 2 N–H and O–H groups in total. The van der Waals surface area contributed by atoms with Crippen LogP contribution in [0.1, 0.15) is 60.7 Å². The summed E-state index contributed by atoms with van der Waals surface area (Å²) in [6.45, 7) is 3.25. The number of pyridine rings is 1. The Morgan fingerprint density at radius 2 is 1.82 bits per heavy atom. The van der Waals surface area contributed by atoms with Gasteiger partial charge >= 0.3 is 0 Å². The van der Waals surface area contributed by atoms with E-state index in [9.17, 15) is 26.4 Å². The summed E-state index contributed by atoms with van der Waals surface area (Å²) < 4.78 is 64.4. The summed E-state index contributed by atoms with van der Waals surface area (Å²) in [5.74, 6) is -0.518. The van der Waals surface area contributed by atoms with E-state index in [4.69, 9.17) is 0 Å². The molecule has 0 aliphatic carbocycles. The highest BCUT2D eigenvalue weighted by atomic mass is 32.2. The predicted molar refractivity (Wildman–Crippen MR) is 119 cm³/mol. The van der Waals surface area contributed by atoms with E-state index >= 15 is 0 Å². The topological polar surface area (TPSA) is 105 Å². The van der Waals surface area contributed by atoms with Crippen molar-refractivity contribution >= 4 is 26.7 Å². The molecular weight excluding hydrogens is 457 g/mol. The van der Waals surface area contributed by atoms with Gasteiger partial charge < -0.3 is 10.3 Å². The standard InChI is InChI=1S/C22H23F3N4O3S/c1-11(14-4-3-5-15(18(14)23)19(24)25)26-20-17-10-16(13-6-8-33(31,32)9-7-13)22(30)29-21(17)28-12(2)27-20/h3-5,10-11,13,19H,6-9H2,1-2H3,(H2,26,27,28,29,30)/t11-/m1/s1. The second-order valence-electron chi connectivity index (χ2n) is 8.28. The number of benzene rings is 1. The number of fused-ring (bicyclic) bond motifs is 1. The molecule has 176 valence electrons. The van der Waals surface area contributed by atoms with Crippen LogP contribution in [-0.4, -0.2) is 34.9 Å². The zero-order valence-electron chi connectivity index (χ0n) is 18.0. The molecule has 0 bridgehead atoms. The van der Waals surface area contributed by atoms with Crippen molar-refractivity contribution in [3.05, 3.63) is 63.0 Å². The number of halogens is 3. The van der Waals surface area contributed by atoms with Crippen LogP contribution in [0.4, 0.5) is 19.0 Å². The van der Waals surface area contributed by atoms with Crippen LogP contribution in [0.3, 0.4) is 0 Å². The molecule has 1 fully saturated rings. The van der Waals surface area contributed by atoms with E-state index < -0.39 is 33.7 Å². The number of H-pyrrole nitrogens is 1. The Labute approximate surface area is 188 Å². The second-order valence-corrected chi connectivity index (χ2v) is 10.6. The van der Waals surface area contributed by atoms with Crippen LogP contribution in [0.25, 0.3) is 11.0 Å². The first-order chi connectivity index (χ1) is 15.6. The fourth-order valence-electron chi connectivity index (χ4n) is 4.18. The van der Waals surface area contributed by atoms with Crippen molar-refractivity contribution in [2.45, 2.75) is 45.1 Å². The highest BCUT2D eigenvalue weighted by molar-refractivity contribution is 7.91. The van der Waals surface area contributed by atoms with Crippen LogP contribution in [-0.2, 0) is 9.84 Å². The Morgan fingerprint density at radius 1 is 1.15 bits per heavy atom. The van der Waals surface area contributed by atoms with Crippen molar-refractivity contribution in [2.24, 2.45) is 0 Å². The Balaban J connectivity index is 1.73. The molecule has 0 spiro atoms. The summed E-state index contributed by atoms with van der Waals surface area (Å²) in [4.78, 5) is 24.1. The van der Waals surface area contributed by atoms with E-state index in [0.29, 0.717) is 35.4 Å². The second kappa shape index (κ2) is 8.77. The van der Waals surface area contributed by atoms with Crippen molar-refractivity contribution in [1.82, 2.24) is 15.0 Å². The first-order valence-electron chi connectivity index (χ1n) is 10.5. The van der Waals surface area contributed by atoms with Crippen LogP contribution >= 0.6 is 0 Å². The number of alkyl halides is 2. The fourth-order valence-corrected chi connectivity index (χ4v) is 5.67. The van der Waals surface area contributed by atoms with Crippen molar-refractivity contribution < 1.29 is 21.6 Å². The molecule has 2 aromatic heterocycles. The number of aromatic nitrogens is 3. The molecule has 33 heavy (non-hydrogen) atoms. The maximum atomic E-state index is 14.6. The molecule has 3 aromatic rings. The summed E-state index contributed by atoms with van der Waals surface area (Å²) in [7, 11) is -3.09. The average Bonchev–Trinajstić information content (AvgIpc) is 2.73. The lowest BCUT2D eigenvalue weighted by molar-refractivity contribution is 0.146. The molecule has 1 aromatic carbocycles. The van der Waals surface area contributed by atoms with E-state index in [1.165, 1.54) is 12.1 Å². The van der Waals surface area contributed by atoms with Crippen LogP contribution in [0.5, 0.6) is 0 Å². The number of nitrogens with one attached hydrogen (secondary N) is 2. The summed E-state index contributed by atoms with van der Waals surface area (Å²) in [5.41, 5.74) is -0.259. The largest absolute Gasteiger partial charge is 0.363 e. The molecule has 0 amide bonds. The number of hydrogen-bond donors (Lipinski definition) is 2. The third-order valence-electron chi connectivity index (χ3n) is 5.96. The summed E-state index contributed by atoms with van der Waals surface area (Å²) >= 11 is 0. The Bertz CT molecular complexity index is 1360. The normalized spacial score (nSPS) is 17.4. The number of aryl methyl sites for hydroxylation is 1. The van der Waals surface area contributed by atoms with E-state index in [0.717, 1.165) is 6.07 Å². The first-order valence-corrected chi connectivity index (χ1v) is 12.3. The van der Waals surface area contributed by atoms with Crippen molar-refractivity contribution in [2.75, 3.05) is 16.8 Å². The van der Waals surface area contributed by atoms with E-state index in [1.807, 2.05) is 0 Å². The number of sulfone groups is 1. The van der Waals surface area contributed by atoms with Crippen molar-refractivity contribution in [3.63, 3.8) is 0 Å². The summed E-state index contributed by atoms with van der Waals surface area (Å²) in [5, 5.41) is 3.53. The van der Waals surface area contributed by atoms with Gasteiger partial charge in [-0.05, 0) is 38.7 Å². The van der Waals surface area contributed by atoms with Gasteiger partial charge in [-0.2, -0.15) is 0 Å². The zero-order valence-corrected chi connectivity index (χ0v) is 18.8. The molecule has 1 atom stereocenters. The molecule has 3 heterocycles. The molecule has 1 aliphatic heterocycles. The smallest absolute Gasteiger partial charge is 0.266 e. The molecular formula is C22H23F3N4O3S. The van der Waals surface area contributed by atoms with Gasteiger partial charge in [0.1, 0.15) is 32.9 Å². The molecule has 1 saturated heterocycles. The van der Waals surface area contributed by atoms with Crippen LogP contribution in [0.15, 0.2) is 29.1 Å². The number of anilines is 1. The van der Waals surface area contributed by atoms with Gasteiger partial charge in [-0.1, -0.05) is 18.2 Å². The number of nitrogens with zero attached hydrogens (tertiary/aromatic N) is 2. The molecule has 11 heteroatoms. The maximum absolute atomic E-state index is 14.6. The zero-order chi connectivity index (χ0) is 23.9. The molecule has 0 unspecified atom stereocenters. The summed E-state index contributed by atoms with van der Waals surface area (Å²) in [6.07, 6.45) is -2.26. The molecule has 4 rings (SSSR count). The van der Waals surface area contributed by atoms with Gasteiger partial charge in [0.05, 0.1) is 28.5 Å². The Hall–Kier alpha value is -2.95. The van der Waals surface area contributed by atoms with Crippen LogP contribution in [0.2, 0.25) is 0 Å². The molecule has 0 radical (unpaired) electrons. The van der Waals surface area contributed by atoms with Gasteiger partial charge in [-0.3, -0.25) is 4.79 Å². The van der Waals surface area contributed by atoms with E-state index in [-0.39, 0.29) is 34.2 Å². The average molecular weight is 481 g/mol. The number of aromatic amines is 1. The van der Waals surface area contributed by atoms with Gasteiger partial charge in [0, 0.05) is 11.1 Å². The van der Waals surface area contributed by atoms with Gasteiger partial charge in [0.2, 0.25) is 0 Å². The first kappa shape index (κ1) is 23.2. The summed E-state index contributed by atoms with van der Waals surface area (Å²) in [6, 6.07) is 4.76. The van der Waals surface area contributed by atoms with Crippen LogP contribution < -0.4 is 10.9 Å². The highest BCUT2D eigenvalue weighted by Gasteiger charge is 2.27. The van der Waals surface area contributed by atoms with Crippen molar-refractivity contribution in [3.8, 4) is 0 Å². The quantitative estimate of drug-likeness (QED) is 0.568. The highest BCUT2D eigenvalue weighted by Crippen LogP contribution is 2.32. The maximum Gasteiger partial charge on any atom is 0.266 e. The lowest BCUT2D eigenvalue weighted by atomic mass is 9.94. The van der Waals surface area contributed by atoms with Gasteiger partial charge in [-0.15, -0.1) is 0 Å². The van der Waals surface area contributed by atoms with Crippen LogP contribution in [0, 0.1) is 12.7 Å². The molecule has 1 aliphatic rings. The monoisotopic (exact) mass is 480 g/mol. The fraction of sp³-hybridized carbons (Fsp3) is 0.409. The number of hydrogen-bond acceptors (Lipinski definition) is 6. The lowest BCUT2D eigenvalue weighted by Crippen LogP contribution is -2.26. The Kier molecular flexibility index (Phi) is 6.17. The van der Waals surface area contributed by atoms with E-state index in [1.54, 1.807) is 19.9 Å². The van der Waals surface area contributed by atoms with E-state index in [2.05, 4.69) is 20.3 Å². The third-order valence-corrected chi connectivity index (χ3v) is 7.67. The Morgan fingerprint density at radius 3 is 2.48 bits per heavy atom. The minimum atomic E-state index is -3.09. The van der Waals surface area contributed by atoms with Gasteiger partial charge in [0.15, 0.2) is 0 Å². The predicted octanol–water partition coefficient (Wildman–Crippen LogP) is 4.17. The minimum absolute atomic E-state index is 0.0153. The van der Waals surface area contributed by atoms with Crippen molar-refractivity contribution in [1.29, 1.82) is 0 Å². The number of rotatable bonds is 5. The minimum Gasteiger partial charge on any atom is -0.363 e. The van der Waals surface area contributed by atoms with Gasteiger partial charge in [-0.25, -0.2) is 31.6 Å². The molecule has 0 saturated carbocycles. The van der Waals surface area contributed by atoms with Gasteiger partial charge in [0.25, 0.3) is 12.0 Å². The lowest BCUT2D eigenvalue weighted by Gasteiger charge is -2.22.